The summed E-state index contributed by atoms with van der Waals surface area (Å²) in [6.45, 7) is 10.3. The number of benzene rings is 2. The molecule has 288 valence electrons. The molecule has 4 amide bonds. The van der Waals surface area contributed by atoms with Gasteiger partial charge in [-0.15, -0.1) is 11.3 Å². The average molecular weight is 749 g/mol. The van der Waals surface area contributed by atoms with Crippen LogP contribution in [0.15, 0.2) is 54.0 Å². The highest BCUT2D eigenvalue weighted by atomic mass is 32.1. The summed E-state index contributed by atoms with van der Waals surface area (Å²) in [4.78, 5) is 58.5. The number of aliphatic hydroxyl groups is 1. The molecule has 3 aromatic rings. The number of carbonyl (C=O) groups is 4. The van der Waals surface area contributed by atoms with E-state index in [0.717, 1.165) is 45.7 Å². The minimum absolute atomic E-state index is 0.0199. The number of rotatable bonds is 18. The van der Waals surface area contributed by atoms with E-state index in [4.69, 9.17) is 16.2 Å². The quantitative estimate of drug-likeness (QED) is 0.119. The first kappa shape index (κ1) is 41.6. The van der Waals surface area contributed by atoms with E-state index in [1.807, 2.05) is 88.7 Å². The van der Waals surface area contributed by atoms with Crippen LogP contribution in [-0.4, -0.2) is 76.0 Å². The maximum Gasteiger partial charge on any atom is 0.246 e. The van der Waals surface area contributed by atoms with Crippen LogP contribution >= 0.6 is 11.3 Å². The molecule has 0 unspecified atom stereocenters. The number of nitrogens with one attached hydrogen (secondary N) is 2. The van der Waals surface area contributed by atoms with Gasteiger partial charge in [0.2, 0.25) is 23.6 Å². The largest absolute Gasteiger partial charge is 0.391 e. The third-order valence-electron chi connectivity index (χ3n) is 9.56. The van der Waals surface area contributed by atoms with Crippen molar-refractivity contribution in [1.29, 1.82) is 0 Å². The summed E-state index contributed by atoms with van der Waals surface area (Å²) in [6.07, 6.45) is 2.50. The molecule has 0 radical (unpaired) electrons. The van der Waals surface area contributed by atoms with Crippen molar-refractivity contribution >= 4 is 35.0 Å². The topological polar surface area (TPSA) is 190 Å². The third kappa shape index (κ3) is 12.4. The van der Waals surface area contributed by atoms with Gasteiger partial charge in [0.15, 0.2) is 0 Å². The Morgan fingerprint density at radius 3 is 2.32 bits per heavy atom. The van der Waals surface area contributed by atoms with Gasteiger partial charge in [0.05, 0.1) is 41.4 Å². The number of hydrogen-bond acceptors (Lipinski definition) is 9. The van der Waals surface area contributed by atoms with Crippen LogP contribution in [0.25, 0.3) is 10.4 Å². The Hall–Kier alpha value is -4.17. The van der Waals surface area contributed by atoms with Crippen LogP contribution in [-0.2, 0) is 36.9 Å². The average Bonchev–Trinajstić information content (AvgIpc) is 3.73. The summed E-state index contributed by atoms with van der Waals surface area (Å²) in [7, 11) is 0. The molecule has 0 saturated carbocycles. The van der Waals surface area contributed by atoms with Crippen LogP contribution in [0, 0.1) is 12.3 Å². The molecule has 1 saturated heterocycles. The first-order valence-corrected chi connectivity index (χ1v) is 19.3. The number of carbonyl (C=O) groups excluding carboxylic acids is 4. The van der Waals surface area contributed by atoms with Gasteiger partial charge in [-0.1, -0.05) is 69.3 Å². The predicted molar refractivity (Wildman–Crippen MR) is 206 cm³/mol. The lowest BCUT2D eigenvalue weighted by Crippen LogP contribution is -2.57. The summed E-state index contributed by atoms with van der Waals surface area (Å²) in [5, 5.41) is 16.6. The number of likely N-dealkylation sites (tertiary alicyclic amines) is 1. The first-order chi connectivity index (χ1) is 25.1. The molecular weight excluding hydrogens is 693 g/mol. The second-order valence-electron chi connectivity index (χ2n) is 15.2. The number of unbranched alkanes of at least 4 members (excludes halogenated alkanes) is 1. The van der Waals surface area contributed by atoms with E-state index in [-0.39, 0.29) is 61.5 Å². The van der Waals surface area contributed by atoms with Gasteiger partial charge in [-0.25, -0.2) is 4.98 Å². The molecule has 0 aliphatic carbocycles. The van der Waals surface area contributed by atoms with Gasteiger partial charge >= 0.3 is 0 Å². The number of nitrogens with zero attached hydrogens (tertiary/aromatic N) is 2. The minimum Gasteiger partial charge on any atom is -0.391 e. The number of aryl methyl sites for hydroxylation is 2. The fourth-order valence-electron chi connectivity index (χ4n) is 6.40. The van der Waals surface area contributed by atoms with Crippen molar-refractivity contribution in [3.8, 4) is 10.4 Å². The third-order valence-corrected chi connectivity index (χ3v) is 10.5. The molecule has 53 heavy (non-hydrogen) atoms. The number of aliphatic hydroxyl groups excluding tert-OH is 1. The Morgan fingerprint density at radius 1 is 1.02 bits per heavy atom. The molecular formula is C40H56N6O6S. The zero-order chi connectivity index (χ0) is 38.7. The maximum atomic E-state index is 14.0. The molecule has 1 aliphatic rings. The summed E-state index contributed by atoms with van der Waals surface area (Å²) in [5.74, 6) is -1.32. The molecule has 1 aromatic heterocycles. The van der Waals surface area contributed by atoms with Gasteiger partial charge in [0.1, 0.15) is 12.1 Å². The Kier molecular flexibility index (Phi) is 15.1. The van der Waals surface area contributed by atoms with Crippen molar-refractivity contribution in [1.82, 2.24) is 20.5 Å². The van der Waals surface area contributed by atoms with E-state index >= 15 is 0 Å². The zero-order valence-corrected chi connectivity index (χ0v) is 32.4. The molecule has 1 fully saturated rings. The van der Waals surface area contributed by atoms with Crippen LogP contribution in [0.2, 0.25) is 0 Å². The number of thiazole rings is 1. The molecule has 5 atom stereocenters. The van der Waals surface area contributed by atoms with E-state index in [9.17, 15) is 24.3 Å². The number of hydrogen-bond donors (Lipinski definition) is 5. The van der Waals surface area contributed by atoms with E-state index in [1.165, 1.54) is 4.90 Å². The van der Waals surface area contributed by atoms with Crippen LogP contribution in [0.3, 0.4) is 0 Å². The van der Waals surface area contributed by atoms with Gasteiger partial charge in [-0.2, -0.15) is 0 Å². The fraction of sp³-hybridized carbons (Fsp3) is 0.525. The SMILES string of the molecule is Cc1ncsc1-c1ccc([C@H](C)NC(=O)[C@@H]2C[C@@H](O)CN2C(=O)[C@@H](NC(=O)CCCCc2ccc(COC[C@@H](N)CCC(N)=O)cc2)C(C)(C)C)cc1. The van der Waals surface area contributed by atoms with Crippen molar-refractivity contribution in [2.75, 3.05) is 13.2 Å². The standard InChI is InChI=1S/C40H56N6O6S/c1-25(29-14-16-30(17-15-29)36-26(2)43-24-53-36)44-38(50)33-20-32(47)21-46(33)39(51)37(40(3,4)5)45-35(49)9-7-6-8-27-10-12-28(13-11-27)22-52-23-31(41)18-19-34(42)48/h10-17,24-25,31-33,37,47H,6-9,18-23,41H2,1-5H3,(H2,42,48)(H,44,50)(H,45,49)/t25-,31-,32+,33-,37+/m0/s1. The Labute approximate surface area is 317 Å². The van der Waals surface area contributed by atoms with Gasteiger partial charge in [0.25, 0.3) is 0 Å². The normalized spacial score (nSPS) is 17.6. The van der Waals surface area contributed by atoms with Crippen molar-refractivity contribution in [2.45, 2.75) is 116 Å². The molecule has 13 heteroatoms. The number of nitrogens with two attached hydrogens (primary N) is 2. The zero-order valence-electron chi connectivity index (χ0n) is 31.6. The maximum absolute atomic E-state index is 14.0. The molecule has 12 nitrogen and oxygen atoms in total. The van der Waals surface area contributed by atoms with Gasteiger partial charge in [-0.3, -0.25) is 19.2 Å². The van der Waals surface area contributed by atoms with Crippen molar-refractivity contribution in [2.24, 2.45) is 16.9 Å². The number of ether oxygens (including phenoxy) is 1. The predicted octanol–water partition coefficient (Wildman–Crippen LogP) is 4.31. The summed E-state index contributed by atoms with van der Waals surface area (Å²) in [5.41, 5.74) is 17.4. The van der Waals surface area contributed by atoms with Crippen molar-refractivity contribution in [3.05, 3.63) is 76.4 Å². The van der Waals surface area contributed by atoms with E-state index in [2.05, 4.69) is 15.6 Å². The minimum atomic E-state index is -0.872. The second kappa shape index (κ2) is 19.2. The number of primary amides is 1. The van der Waals surface area contributed by atoms with Gasteiger partial charge in [0, 0.05) is 31.8 Å². The number of β-amino-alcohol motifs (C(OH)–C–C–N with tert-alkyl or cyclic N) is 1. The summed E-state index contributed by atoms with van der Waals surface area (Å²) in [6, 6.07) is 13.8. The molecule has 1 aliphatic heterocycles. The lowest BCUT2D eigenvalue weighted by atomic mass is 9.85. The monoisotopic (exact) mass is 748 g/mol. The second-order valence-corrected chi connectivity index (χ2v) is 16.0. The molecule has 2 heterocycles. The highest BCUT2D eigenvalue weighted by molar-refractivity contribution is 7.13. The number of amides is 4. The van der Waals surface area contributed by atoms with Gasteiger partial charge in [-0.05, 0) is 67.2 Å². The van der Waals surface area contributed by atoms with Crippen molar-refractivity contribution in [3.63, 3.8) is 0 Å². The first-order valence-electron chi connectivity index (χ1n) is 18.4. The summed E-state index contributed by atoms with van der Waals surface area (Å²) >= 11 is 1.58. The molecule has 0 spiro atoms. The fourth-order valence-corrected chi connectivity index (χ4v) is 7.22. The van der Waals surface area contributed by atoms with Crippen LogP contribution in [0.1, 0.15) is 94.6 Å². The molecule has 4 rings (SSSR count). The van der Waals surface area contributed by atoms with Crippen LogP contribution < -0.4 is 22.1 Å². The smallest absolute Gasteiger partial charge is 0.246 e. The Bertz CT molecular complexity index is 1670. The van der Waals surface area contributed by atoms with Crippen LogP contribution in [0.5, 0.6) is 0 Å². The molecule has 2 aromatic carbocycles. The van der Waals surface area contributed by atoms with E-state index in [1.54, 1.807) is 11.3 Å². The summed E-state index contributed by atoms with van der Waals surface area (Å²) < 4.78 is 5.67. The molecule has 0 bridgehead atoms. The Morgan fingerprint density at radius 2 is 1.70 bits per heavy atom. The lowest BCUT2D eigenvalue weighted by molar-refractivity contribution is -0.144. The highest BCUT2D eigenvalue weighted by Gasteiger charge is 2.44. The van der Waals surface area contributed by atoms with Crippen LogP contribution in [0.4, 0.5) is 0 Å². The van der Waals surface area contributed by atoms with E-state index < -0.39 is 23.6 Å². The number of aromatic nitrogens is 1. The molecule has 7 N–H and O–H groups in total. The lowest BCUT2D eigenvalue weighted by Gasteiger charge is -2.35. The van der Waals surface area contributed by atoms with Gasteiger partial charge < -0.3 is 36.8 Å². The highest BCUT2D eigenvalue weighted by Crippen LogP contribution is 2.29. The van der Waals surface area contributed by atoms with Crippen molar-refractivity contribution < 1.29 is 29.0 Å². The Balaban J connectivity index is 1.25. The van der Waals surface area contributed by atoms with E-state index in [0.29, 0.717) is 26.1 Å².